The van der Waals surface area contributed by atoms with Crippen molar-refractivity contribution in [1.29, 1.82) is 0 Å². The Morgan fingerprint density at radius 1 is 1.44 bits per heavy atom. The van der Waals surface area contributed by atoms with E-state index in [4.69, 9.17) is 4.74 Å². The number of rotatable bonds is 8. The second-order valence-corrected chi connectivity index (χ2v) is 5.74. The summed E-state index contributed by atoms with van der Waals surface area (Å²) >= 11 is 0. The normalized spacial score (nSPS) is 11.1. The maximum Gasteiger partial charge on any atom is 0.334 e. The van der Waals surface area contributed by atoms with Crippen LogP contribution >= 0.6 is 0 Å². The summed E-state index contributed by atoms with van der Waals surface area (Å²) in [6.07, 6.45) is 1.72. The lowest BCUT2D eigenvalue weighted by Crippen LogP contribution is -2.24. The number of esters is 1. The van der Waals surface area contributed by atoms with Gasteiger partial charge in [0.1, 0.15) is 9.84 Å². The lowest BCUT2D eigenvalue weighted by molar-refractivity contribution is -0.138. The molecule has 5 nitrogen and oxygen atoms in total. The van der Waals surface area contributed by atoms with Gasteiger partial charge in [-0.1, -0.05) is 6.58 Å². The van der Waals surface area contributed by atoms with E-state index >= 15 is 0 Å². The molecule has 0 aliphatic heterocycles. The highest BCUT2D eigenvalue weighted by Crippen LogP contribution is 1.93. The lowest BCUT2D eigenvalue weighted by Gasteiger charge is -2.06. The van der Waals surface area contributed by atoms with Crippen LogP contribution in [0, 0.1) is 0 Å². The summed E-state index contributed by atoms with van der Waals surface area (Å²) in [6, 6.07) is 0. The van der Waals surface area contributed by atoms with Crippen LogP contribution in [0.5, 0.6) is 0 Å². The van der Waals surface area contributed by atoms with Gasteiger partial charge in [-0.15, -0.1) is 0 Å². The Morgan fingerprint density at radius 3 is 2.56 bits per heavy atom. The third-order valence-electron chi connectivity index (χ3n) is 1.77. The first-order valence-electron chi connectivity index (χ1n) is 5.10. The van der Waals surface area contributed by atoms with E-state index in [2.05, 4.69) is 11.9 Å². The monoisotopic (exact) mass is 249 g/mol. The van der Waals surface area contributed by atoms with Crippen LogP contribution in [0.25, 0.3) is 0 Å². The third-order valence-corrected chi connectivity index (χ3v) is 2.80. The largest absolute Gasteiger partial charge is 0.463 e. The van der Waals surface area contributed by atoms with Gasteiger partial charge < -0.3 is 10.1 Å². The highest BCUT2D eigenvalue weighted by Gasteiger charge is 2.07. The summed E-state index contributed by atoms with van der Waals surface area (Å²) < 4.78 is 26.3. The minimum absolute atomic E-state index is 0.145. The van der Waals surface area contributed by atoms with Crippen molar-refractivity contribution >= 4 is 15.8 Å². The van der Waals surface area contributed by atoms with Gasteiger partial charge in [0, 0.05) is 18.4 Å². The van der Waals surface area contributed by atoms with E-state index in [9.17, 15) is 13.2 Å². The molecule has 0 unspecified atom stereocenters. The lowest BCUT2D eigenvalue weighted by atomic mass is 10.3. The van der Waals surface area contributed by atoms with Gasteiger partial charge in [-0.3, -0.25) is 0 Å². The molecule has 1 N–H and O–H groups in total. The molecule has 0 heterocycles. The molecule has 0 spiro atoms. The highest BCUT2D eigenvalue weighted by molar-refractivity contribution is 7.90. The molecule has 94 valence electrons. The molecule has 0 saturated carbocycles. The summed E-state index contributed by atoms with van der Waals surface area (Å²) in [6.45, 7) is 6.47. The second kappa shape index (κ2) is 7.40. The summed E-state index contributed by atoms with van der Waals surface area (Å²) in [7, 11) is -2.90. The average molecular weight is 249 g/mol. The van der Waals surface area contributed by atoms with Crippen molar-refractivity contribution in [2.24, 2.45) is 0 Å². The van der Waals surface area contributed by atoms with Crippen LogP contribution in [0.2, 0.25) is 0 Å². The predicted octanol–water partition coefficient (Wildman–Crippen LogP) is 0.130. The number of ether oxygens (including phenoxy) is 1. The summed E-state index contributed by atoms with van der Waals surface area (Å²) in [5.41, 5.74) is 0.348. The Bertz CT molecular complexity index is 335. The number of carbonyl (C=O) groups is 1. The van der Waals surface area contributed by atoms with Gasteiger partial charge in [0.15, 0.2) is 0 Å². The highest BCUT2D eigenvalue weighted by atomic mass is 32.2. The zero-order chi connectivity index (χ0) is 12.6. The summed E-state index contributed by atoms with van der Waals surface area (Å²) in [5.74, 6) is -0.274. The second-order valence-electron chi connectivity index (χ2n) is 3.48. The average Bonchev–Trinajstić information content (AvgIpc) is 2.15. The fourth-order valence-corrected chi connectivity index (χ4v) is 1.67. The minimum atomic E-state index is -2.90. The molecule has 0 radical (unpaired) electrons. The molecule has 0 aromatic rings. The van der Waals surface area contributed by atoms with E-state index in [1.807, 2.05) is 0 Å². The first-order valence-corrected chi connectivity index (χ1v) is 7.16. The number of carbonyl (C=O) groups excluding carboxylic acids is 1. The molecule has 0 aliphatic carbocycles. The van der Waals surface area contributed by atoms with Crippen LogP contribution < -0.4 is 5.32 Å². The fourth-order valence-electron chi connectivity index (χ4n) is 1.00. The molecule has 0 aromatic carbocycles. The van der Waals surface area contributed by atoms with E-state index in [1.54, 1.807) is 6.92 Å². The molecule has 0 fully saturated rings. The molecule has 0 amide bonds. The van der Waals surface area contributed by atoms with E-state index in [0.29, 0.717) is 31.7 Å². The zero-order valence-corrected chi connectivity index (χ0v) is 10.6. The maximum atomic E-state index is 11.1. The smallest absolute Gasteiger partial charge is 0.334 e. The quantitative estimate of drug-likeness (QED) is 0.376. The van der Waals surface area contributed by atoms with Crippen molar-refractivity contribution in [1.82, 2.24) is 5.32 Å². The SMILES string of the molecule is C=C(CNCCCS(C)(=O)=O)C(=O)OCC. The van der Waals surface area contributed by atoms with E-state index < -0.39 is 15.8 Å². The molecule has 16 heavy (non-hydrogen) atoms. The van der Waals surface area contributed by atoms with Gasteiger partial charge in [0.2, 0.25) is 0 Å². The third kappa shape index (κ3) is 8.43. The van der Waals surface area contributed by atoms with Crippen LogP contribution in [0.15, 0.2) is 12.2 Å². The molecule has 0 bridgehead atoms. The minimum Gasteiger partial charge on any atom is -0.463 e. The van der Waals surface area contributed by atoms with E-state index in [-0.39, 0.29) is 5.75 Å². The van der Waals surface area contributed by atoms with Gasteiger partial charge in [0.05, 0.1) is 12.4 Å². The van der Waals surface area contributed by atoms with Crippen molar-refractivity contribution in [2.75, 3.05) is 31.7 Å². The molecular formula is C10H19NO4S. The Kier molecular flexibility index (Phi) is 7.00. The van der Waals surface area contributed by atoms with Crippen LogP contribution in [-0.4, -0.2) is 46.1 Å². The molecule has 0 rings (SSSR count). The molecule has 0 aromatic heterocycles. The first-order chi connectivity index (χ1) is 7.37. The van der Waals surface area contributed by atoms with Crippen LogP contribution in [0.3, 0.4) is 0 Å². The Morgan fingerprint density at radius 2 is 2.06 bits per heavy atom. The maximum absolute atomic E-state index is 11.1. The topological polar surface area (TPSA) is 72.5 Å². The zero-order valence-electron chi connectivity index (χ0n) is 9.78. The van der Waals surface area contributed by atoms with E-state index in [0.717, 1.165) is 0 Å². The number of nitrogens with one attached hydrogen (secondary N) is 1. The molecule has 0 saturated heterocycles. The molecule has 0 aliphatic rings. The van der Waals surface area contributed by atoms with Gasteiger partial charge >= 0.3 is 5.97 Å². The van der Waals surface area contributed by atoms with Gasteiger partial charge in [0.25, 0.3) is 0 Å². The van der Waals surface area contributed by atoms with Gasteiger partial charge in [-0.05, 0) is 19.9 Å². The van der Waals surface area contributed by atoms with Crippen LogP contribution in [0.1, 0.15) is 13.3 Å². The van der Waals surface area contributed by atoms with Crippen molar-refractivity contribution in [2.45, 2.75) is 13.3 Å². The molecular weight excluding hydrogens is 230 g/mol. The summed E-state index contributed by atoms with van der Waals surface area (Å²) in [5, 5.41) is 2.93. The van der Waals surface area contributed by atoms with Crippen LogP contribution in [-0.2, 0) is 19.4 Å². The molecule has 0 atom stereocenters. The van der Waals surface area contributed by atoms with Crippen molar-refractivity contribution < 1.29 is 17.9 Å². The van der Waals surface area contributed by atoms with Crippen molar-refractivity contribution in [3.05, 3.63) is 12.2 Å². The van der Waals surface area contributed by atoms with Crippen molar-refractivity contribution in [3.63, 3.8) is 0 Å². The Hall–Kier alpha value is -0.880. The predicted molar refractivity (Wildman–Crippen MR) is 63.0 cm³/mol. The number of sulfone groups is 1. The molecule has 6 heteroatoms. The number of hydrogen-bond acceptors (Lipinski definition) is 5. The standard InChI is InChI=1S/C10H19NO4S/c1-4-15-10(12)9(2)8-11-6-5-7-16(3,13)14/h11H,2,4-8H2,1,3H3. The van der Waals surface area contributed by atoms with Crippen LogP contribution in [0.4, 0.5) is 0 Å². The van der Waals surface area contributed by atoms with Crippen molar-refractivity contribution in [3.8, 4) is 0 Å². The van der Waals surface area contributed by atoms with Gasteiger partial charge in [-0.2, -0.15) is 0 Å². The first kappa shape index (κ1) is 15.1. The summed E-state index contributed by atoms with van der Waals surface area (Å²) in [4.78, 5) is 11.1. The number of hydrogen-bond donors (Lipinski definition) is 1. The Balaban J connectivity index is 3.60. The fraction of sp³-hybridized carbons (Fsp3) is 0.700. The van der Waals surface area contributed by atoms with E-state index in [1.165, 1.54) is 6.26 Å². The van der Waals surface area contributed by atoms with Gasteiger partial charge in [-0.25, -0.2) is 13.2 Å². The Labute approximate surface area is 96.8 Å².